The van der Waals surface area contributed by atoms with E-state index in [4.69, 9.17) is 0 Å². The van der Waals surface area contributed by atoms with Crippen LogP contribution in [-0.4, -0.2) is 31.4 Å². The molecular formula is C22H18FN5OS. The molecule has 1 N–H and O–H groups in total. The van der Waals surface area contributed by atoms with Crippen molar-refractivity contribution in [2.45, 2.75) is 11.7 Å². The van der Waals surface area contributed by atoms with Gasteiger partial charge in [0, 0.05) is 23.6 Å². The van der Waals surface area contributed by atoms with E-state index in [2.05, 4.69) is 20.5 Å². The minimum Gasteiger partial charge on any atom is -0.325 e. The third kappa shape index (κ3) is 4.90. The molecule has 0 aliphatic carbocycles. The molecule has 0 aliphatic rings. The van der Waals surface area contributed by atoms with E-state index in [9.17, 15) is 9.18 Å². The number of pyridine rings is 1. The van der Waals surface area contributed by atoms with E-state index in [1.807, 2.05) is 47.0 Å². The van der Waals surface area contributed by atoms with Crippen molar-refractivity contribution < 1.29 is 9.18 Å². The molecule has 0 unspecified atom stereocenters. The first kappa shape index (κ1) is 19.8. The molecule has 0 radical (unpaired) electrons. The fourth-order valence-electron chi connectivity index (χ4n) is 2.91. The Bertz CT molecular complexity index is 1130. The van der Waals surface area contributed by atoms with Crippen molar-refractivity contribution in [3.8, 4) is 11.4 Å². The van der Waals surface area contributed by atoms with Gasteiger partial charge in [0.05, 0.1) is 12.3 Å². The fraction of sp³-hybridized carbons (Fsp3) is 0.0909. The maximum Gasteiger partial charge on any atom is 0.234 e. The number of anilines is 1. The van der Waals surface area contributed by atoms with Crippen LogP contribution in [-0.2, 0) is 11.3 Å². The largest absolute Gasteiger partial charge is 0.325 e. The Kier molecular flexibility index (Phi) is 6.14. The Labute approximate surface area is 177 Å². The molecule has 0 fully saturated rings. The summed E-state index contributed by atoms with van der Waals surface area (Å²) < 4.78 is 15.3. The van der Waals surface area contributed by atoms with Crippen LogP contribution in [0.3, 0.4) is 0 Å². The fourth-order valence-corrected chi connectivity index (χ4v) is 3.65. The van der Waals surface area contributed by atoms with E-state index in [1.54, 1.807) is 24.5 Å². The zero-order chi connectivity index (χ0) is 20.8. The van der Waals surface area contributed by atoms with E-state index in [1.165, 1.54) is 23.9 Å². The molecule has 1 amide bonds. The smallest absolute Gasteiger partial charge is 0.234 e. The molecule has 4 rings (SSSR count). The molecule has 0 aliphatic heterocycles. The molecule has 150 valence electrons. The van der Waals surface area contributed by atoms with Crippen LogP contribution in [0.15, 0.2) is 84.3 Å². The number of rotatable bonds is 7. The number of hydrogen-bond donors (Lipinski definition) is 1. The van der Waals surface area contributed by atoms with E-state index in [0.29, 0.717) is 23.2 Å². The standard InChI is InChI=1S/C22H18FN5OS/c23-18-7-4-8-19(13-18)25-20(29)15-30-22-27-26-21(17-9-11-24-12-10-17)28(22)14-16-5-2-1-3-6-16/h1-13H,14-15H2,(H,25,29). The summed E-state index contributed by atoms with van der Waals surface area (Å²) in [6, 6.07) is 19.5. The first-order valence-corrected chi connectivity index (χ1v) is 10.2. The van der Waals surface area contributed by atoms with Crippen LogP contribution < -0.4 is 5.32 Å². The van der Waals surface area contributed by atoms with Gasteiger partial charge in [-0.05, 0) is 35.9 Å². The van der Waals surface area contributed by atoms with Crippen molar-refractivity contribution in [2.75, 3.05) is 11.1 Å². The second-order valence-electron chi connectivity index (χ2n) is 6.46. The Morgan fingerprint density at radius 1 is 1.00 bits per heavy atom. The maximum atomic E-state index is 13.3. The predicted octanol–water partition coefficient (Wildman–Crippen LogP) is 4.26. The summed E-state index contributed by atoms with van der Waals surface area (Å²) >= 11 is 1.28. The molecule has 6 nitrogen and oxygen atoms in total. The summed E-state index contributed by atoms with van der Waals surface area (Å²) in [5.74, 6) is 0.185. The van der Waals surface area contributed by atoms with Gasteiger partial charge >= 0.3 is 0 Å². The van der Waals surface area contributed by atoms with Gasteiger partial charge in [0.15, 0.2) is 11.0 Å². The van der Waals surface area contributed by atoms with Gasteiger partial charge in [0.2, 0.25) is 5.91 Å². The molecule has 2 aromatic heterocycles. The lowest BCUT2D eigenvalue weighted by atomic mass is 10.2. The number of aromatic nitrogens is 4. The van der Waals surface area contributed by atoms with Gasteiger partial charge in [-0.2, -0.15) is 0 Å². The average Bonchev–Trinajstić information content (AvgIpc) is 3.16. The van der Waals surface area contributed by atoms with E-state index < -0.39 is 5.82 Å². The van der Waals surface area contributed by atoms with Crippen molar-refractivity contribution in [1.29, 1.82) is 0 Å². The highest BCUT2D eigenvalue weighted by molar-refractivity contribution is 7.99. The van der Waals surface area contributed by atoms with Crippen molar-refractivity contribution in [1.82, 2.24) is 19.7 Å². The summed E-state index contributed by atoms with van der Waals surface area (Å²) in [5.41, 5.74) is 2.41. The minimum absolute atomic E-state index is 0.125. The second kappa shape index (κ2) is 9.32. The summed E-state index contributed by atoms with van der Waals surface area (Å²) in [4.78, 5) is 16.4. The van der Waals surface area contributed by atoms with Gasteiger partial charge in [-0.1, -0.05) is 48.2 Å². The van der Waals surface area contributed by atoms with Crippen molar-refractivity contribution >= 4 is 23.4 Å². The zero-order valence-corrected chi connectivity index (χ0v) is 16.7. The van der Waals surface area contributed by atoms with Crippen LogP contribution in [0, 0.1) is 5.82 Å². The normalized spacial score (nSPS) is 10.7. The van der Waals surface area contributed by atoms with Crippen molar-refractivity contribution in [3.05, 3.63) is 90.5 Å². The number of benzene rings is 2. The zero-order valence-electron chi connectivity index (χ0n) is 15.9. The lowest BCUT2D eigenvalue weighted by molar-refractivity contribution is -0.113. The Balaban J connectivity index is 1.53. The van der Waals surface area contributed by atoms with E-state index in [0.717, 1.165) is 11.1 Å². The number of carbonyl (C=O) groups is 1. The van der Waals surface area contributed by atoms with Crippen molar-refractivity contribution in [2.24, 2.45) is 0 Å². The molecule has 30 heavy (non-hydrogen) atoms. The van der Waals surface area contributed by atoms with Gasteiger partial charge in [-0.15, -0.1) is 10.2 Å². The monoisotopic (exact) mass is 419 g/mol. The highest BCUT2D eigenvalue weighted by Crippen LogP contribution is 2.25. The predicted molar refractivity (Wildman–Crippen MR) is 115 cm³/mol. The number of thioether (sulfide) groups is 1. The van der Waals surface area contributed by atoms with Crippen LogP contribution in [0.4, 0.5) is 10.1 Å². The number of halogens is 1. The molecular weight excluding hydrogens is 401 g/mol. The quantitative estimate of drug-likeness (QED) is 0.453. The molecule has 2 aromatic carbocycles. The van der Waals surface area contributed by atoms with Gasteiger partial charge in [-0.3, -0.25) is 14.3 Å². The Hall–Kier alpha value is -3.52. The third-order valence-corrected chi connectivity index (χ3v) is 5.25. The molecule has 2 heterocycles. The first-order valence-electron chi connectivity index (χ1n) is 9.25. The molecule has 0 spiro atoms. The minimum atomic E-state index is -0.398. The molecule has 0 saturated carbocycles. The average molecular weight is 419 g/mol. The number of hydrogen-bond acceptors (Lipinski definition) is 5. The van der Waals surface area contributed by atoms with Gasteiger partial charge in [0.25, 0.3) is 0 Å². The number of nitrogens with zero attached hydrogens (tertiary/aromatic N) is 4. The maximum absolute atomic E-state index is 13.3. The lowest BCUT2D eigenvalue weighted by Gasteiger charge is -2.10. The van der Waals surface area contributed by atoms with Crippen LogP contribution in [0.2, 0.25) is 0 Å². The molecule has 4 aromatic rings. The van der Waals surface area contributed by atoms with E-state index >= 15 is 0 Å². The summed E-state index contributed by atoms with van der Waals surface area (Å²) in [5, 5.41) is 12.0. The molecule has 0 saturated heterocycles. The summed E-state index contributed by atoms with van der Waals surface area (Å²) in [7, 11) is 0. The summed E-state index contributed by atoms with van der Waals surface area (Å²) in [6.07, 6.45) is 3.41. The summed E-state index contributed by atoms with van der Waals surface area (Å²) in [6.45, 7) is 0.569. The van der Waals surface area contributed by atoms with Crippen LogP contribution in [0.1, 0.15) is 5.56 Å². The second-order valence-corrected chi connectivity index (χ2v) is 7.40. The van der Waals surface area contributed by atoms with Gasteiger partial charge in [-0.25, -0.2) is 4.39 Å². The topological polar surface area (TPSA) is 72.7 Å². The van der Waals surface area contributed by atoms with Gasteiger partial charge < -0.3 is 5.32 Å². The molecule has 0 atom stereocenters. The van der Waals surface area contributed by atoms with E-state index in [-0.39, 0.29) is 11.7 Å². The first-order chi connectivity index (χ1) is 14.7. The van der Waals surface area contributed by atoms with Crippen LogP contribution in [0.5, 0.6) is 0 Å². The number of amides is 1. The molecule has 8 heteroatoms. The Morgan fingerprint density at radius 3 is 2.57 bits per heavy atom. The number of nitrogens with one attached hydrogen (secondary N) is 1. The third-order valence-electron chi connectivity index (χ3n) is 4.28. The van der Waals surface area contributed by atoms with Gasteiger partial charge in [0.1, 0.15) is 5.82 Å². The van der Waals surface area contributed by atoms with Crippen LogP contribution >= 0.6 is 11.8 Å². The molecule has 0 bridgehead atoms. The Morgan fingerprint density at radius 2 is 1.80 bits per heavy atom. The number of carbonyl (C=O) groups excluding carboxylic acids is 1. The SMILES string of the molecule is O=C(CSc1nnc(-c2ccncc2)n1Cc1ccccc1)Nc1cccc(F)c1. The van der Waals surface area contributed by atoms with Crippen molar-refractivity contribution in [3.63, 3.8) is 0 Å². The van der Waals surface area contributed by atoms with Crippen LogP contribution in [0.25, 0.3) is 11.4 Å². The highest BCUT2D eigenvalue weighted by atomic mass is 32.2. The highest BCUT2D eigenvalue weighted by Gasteiger charge is 2.16. The lowest BCUT2D eigenvalue weighted by Crippen LogP contribution is -2.15.